The van der Waals surface area contributed by atoms with Crippen LogP contribution in [0.15, 0.2) is 116 Å². The van der Waals surface area contributed by atoms with E-state index in [0.29, 0.717) is 5.82 Å². The van der Waals surface area contributed by atoms with Crippen LogP contribution >= 0.6 is 0 Å². The molecule has 0 aliphatic rings. The molecule has 5 aromatic carbocycles. The molecule has 0 spiro atoms. The molecule has 34 heavy (non-hydrogen) atoms. The van der Waals surface area contributed by atoms with Gasteiger partial charge in [-0.05, 0) is 33.2 Å². The van der Waals surface area contributed by atoms with Crippen molar-refractivity contribution in [1.29, 1.82) is 0 Å². The minimum atomic E-state index is 0.634. The Kier molecular flexibility index (Phi) is 4.15. The summed E-state index contributed by atoms with van der Waals surface area (Å²) in [6.45, 7) is 0. The van der Waals surface area contributed by atoms with Gasteiger partial charge in [-0.2, -0.15) is 0 Å². The predicted molar refractivity (Wildman–Crippen MR) is 141 cm³/mol. The Hall–Kier alpha value is -4.63. The Bertz CT molecular complexity index is 1830. The molecule has 0 saturated heterocycles. The monoisotopic (exact) mass is 433 g/mol. The topological polar surface area (TPSA) is 38.7 Å². The van der Waals surface area contributed by atoms with Gasteiger partial charge < -0.3 is 0 Å². The third kappa shape index (κ3) is 2.87. The minimum absolute atomic E-state index is 0.634. The number of pyridine rings is 1. The van der Waals surface area contributed by atoms with Crippen LogP contribution in [0.4, 0.5) is 0 Å². The van der Waals surface area contributed by atoms with Crippen LogP contribution in [0.3, 0.4) is 0 Å². The highest BCUT2D eigenvalue weighted by Crippen LogP contribution is 2.36. The second-order valence-corrected chi connectivity index (χ2v) is 8.51. The Labute approximate surface area is 196 Å². The molecule has 0 bridgehead atoms. The Morgan fingerprint density at radius 3 is 1.94 bits per heavy atom. The van der Waals surface area contributed by atoms with Crippen molar-refractivity contribution in [3.8, 4) is 22.6 Å². The molecule has 7 aromatic rings. The van der Waals surface area contributed by atoms with E-state index in [2.05, 4.69) is 97.1 Å². The first kappa shape index (κ1) is 18.9. The van der Waals surface area contributed by atoms with Gasteiger partial charge in [-0.15, -0.1) is 0 Å². The summed E-state index contributed by atoms with van der Waals surface area (Å²) >= 11 is 0. The smallest absolute Gasteiger partial charge is 0.178 e. The summed E-state index contributed by atoms with van der Waals surface area (Å²) in [4.78, 5) is 14.6. The lowest BCUT2D eigenvalue weighted by molar-refractivity contribution is 1.16. The minimum Gasteiger partial charge on any atom is -0.244 e. The molecule has 0 saturated carbocycles. The van der Waals surface area contributed by atoms with Crippen LogP contribution in [0, 0.1) is 0 Å². The second kappa shape index (κ2) is 7.46. The van der Waals surface area contributed by atoms with Crippen molar-refractivity contribution >= 4 is 43.2 Å². The molecule has 0 radical (unpaired) electrons. The summed E-state index contributed by atoms with van der Waals surface area (Å²) in [6.07, 6.45) is 3.82. The van der Waals surface area contributed by atoms with E-state index in [9.17, 15) is 0 Å². The van der Waals surface area contributed by atoms with Gasteiger partial charge in [0.2, 0.25) is 0 Å². The fraction of sp³-hybridized carbons (Fsp3) is 0. The van der Waals surface area contributed by atoms with Crippen LogP contribution in [-0.2, 0) is 0 Å². The molecule has 0 unspecified atom stereocenters. The highest BCUT2D eigenvalue weighted by Gasteiger charge is 2.15. The molecule has 0 aliphatic carbocycles. The Morgan fingerprint density at radius 1 is 0.471 bits per heavy atom. The van der Waals surface area contributed by atoms with Crippen molar-refractivity contribution in [2.75, 3.05) is 0 Å². The molecule has 0 fully saturated rings. The van der Waals surface area contributed by atoms with Crippen LogP contribution < -0.4 is 0 Å². The van der Waals surface area contributed by atoms with E-state index in [-0.39, 0.29) is 0 Å². The number of hydrogen-bond acceptors (Lipinski definition) is 3. The van der Waals surface area contributed by atoms with E-state index in [1.54, 1.807) is 0 Å². The lowest BCUT2D eigenvalue weighted by Crippen LogP contribution is -1.96. The molecule has 3 nitrogen and oxygen atoms in total. The van der Waals surface area contributed by atoms with E-state index in [1.807, 2.05) is 18.5 Å². The van der Waals surface area contributed by atoms with Crippen molar-refractivity contribution in [3.63, 3.8) is 0 Å². The largest absolute Gasteiger partial charge is 0.244 e. The maximum absolute atomic E-state index is 5.01. The van der Waals surface area contributed by atoms with Gasteiger partial charge in [-0.1, -0.05) is 97.1 Å². The van der Waals surface area contributed by atoms with Gasteiger partial charge in [-0.25, -0.2) is 15.0 Å². The van der Waals surface area contributed by atoms with Crippen molar-refractivity contribution < 1.29 is 0 Å². The molecule has 2 aromatic heterocycles. The van der Waals surface area contributed by atoms with Gasteiger partial charge in [0.15, 0.2) is 5.82 Å². The third-order valence-corrected chi connectivity index (χ3v) is 6.55. The standard InChI is InChI=1S/C31H19N3/c1-3-11-23-20(8-1)10-7-14-24(23)22-18-32-31(33-19-22)30-27-17-16-21-9-2-4-12-25(21)29(27)26-13-5-6-15-28(26)34-30/h1-19H. The lowest BCUT2D eigenvalue weighted by Gasteiger charge is -2.12. The first-order valence-corrected chi connectivity index (χ1v) is 11.4. The number of fused-ring (bicyclic) bond motifs is 6. The molecular formula is C31H19N3. The summed E-state index contributed by atoms with van der Waals surface area (Å²) in [5.74, 6) is 0.634. The highest BCUT2D eigenvalue weighted by molar-refractivity contribution is 6.22. The van der Waals surface area contributed by atoms with Crippen LogP contribution in [-0.4, -0.2) is 15.0 Å². The van der Waals surface area contributed by atoms with Gasteiger partial charge in [0, 0.05) is 34.1 Å². The van der Waals surface area contributed by atoms with E-state index in [4.69, 9.17) is 15.0 Å². The molecule has 0 aliphatic heterocycles. The Morgan fingerprint density at radius 2 is 1.12 bits per heavy atom. The molecule has 0 atom stereocenters. The average molecular weight is 434 g/mol. The lowest BCUT2D eigenvalue weighted by atomic mass is 9.97. The SMILES string of the molecule is c1ccc2c(-c3cnc(-c4nc5ccccc5c5c4ccc4ccccc45)nc3)cccc2c1. The fourth-order valence-corrected chi connectivity index (χ4v) is 4.96. The quantitative estimate of drug-likeness (QED) is 0.261. The average Bonchev–Trinajstić information content (AvgIpc) is 2.92. The van der Waals surface area contributed by atoms with Crippen molar-refractivity contribution in [1.82, 2.24) is 15.0 Å². The van der Waals surface area contributed by atoms with E-state index in [0.717, 1.165) is 33.1 Å². The number of para-hydroxylation sites is 1. The summed E-state index contributed by atoms with van der Waals surface area (Å²) in [5, 5.41) is 8.23. The second-order valence-electron chi connectivity index (χ2n) is 8.51. The zero-order valence-electron chi connectivity index (χ0n) is 18.3. The van der Waals surface area contributed by atoms with E-state index in [1.165, 1.54) is 26.9 Å². The molecule has 158 valence electrons. The van der Waals surface area contributed by atoms with Crippen LogP contribution in [0.1, 0.15) is 0 Å². The van der Waals surface area contributed by atoms with Gasteiger partial charge in [0.1, 0.15) is 5.69 Å². The number of aromatic nitrogens is 3. The van der Waals surface area contributed by atoms with Crippen molar-refractivity contribution in [3.05, 3.63) is 116 Å². The Balaban J connectivity index is 1.46. The van der Waals surface area contributed by atoms with E-state index >= 15 is 0 Å². The highest BCUT2D eigenvalue weighted by atomic mass is 14.9. The summed E-state index contributed by atoms with van der Waals surface area (Å²) in [5.41, 5.74) is 3.88. The zero-order valence-corrected chi connectivity index (χ0v) is 18.3. The van der Waals surface area contributed by atoms with Gasteiger partial charge in [0.05, 0.1) is 5.52 Å². The zero-order chi connectivity index (χ0) is 22.5. The van der Waals surface area contributed by atoms with Crippen LogP contribution in [0.2, 0.25) is 0 Å². The number of benzene rings is 5. The number of hydrogen-bond donors (Lipinski definition) is 0. The summed E-state index contributed by atoms with van der Waals surface area (Å²) in [7, 11) is 0. The molecular weight excluding hydrogens is 414 g/mol. The van der Waals surface area contributed by atoms with Gasteiger partial charge in [-0.3, -0.25) is 0 Å². The number of nitrogens with zero attached hydrogens (tertiary/aromatic N) is 3. The predicted octanol–water partition coefficient (Wildman–Crippen LogP) is 7.82. The summed E-state index contributed by atoms with van der Waals surface area (Å²) < 4.78 is 0. The van der Waals surface area contributed by atoms with Gasteiger partial charge >= 0.3 is 0 Å². The van der Waals surface area contributed by atoms with E-state index < -0.39 is 0 Å². The van der Waals surface area contributed by atoms with Crippen LogP contribution in [0.5, 0.6) is 0 Å². The molecule has 7 rings (SSSR count). The van der Waals surface area contributed by atoms with Crippen LogP contribution in [0.25, 0.3) is 65.9 Å². The fourth-order valence-electron chi connectivity index (χ4n) is 4.96. The summed E-state index contributed by atoms with van der Waals surface area (Å²) in [6, 6.07) is 35.8. The molecule has 0 N–H and O–H groups in total. The van der Waals surface area contributed by atoms with Gasteiger partial charge in [0.25, 0.3) is 0 Å². The number of rotatable bonds is 2. The maximum Gasteiger partial charge on any atom is 0.178 e. The first-order chi connectivity index (χ1) is 16.9. The molecule has 2 heterocycles. The maximum atomic E-state index is 5.01. The third-order valence-electron chi connectivity index (χ3n) is 6.55. The van der Waals surface area contributed by atoms with Crippen molar-refractivity contribution in [2.24, 2.45) is 0 Å². The normalized spacial score (nSPS) is 11.5. The first-order valence-electron chi connectivity index (χ1n) is 11.4. The molecule has 3 heteroatoms. The van der Waals surface area contributed by atoms with Crippen molar-refractivity contribution in [2.45, 2.75) is 0 Å². The molecule has 0 amide bonds.